The molecule has 0 aromatic carbocycles. The van der Waals surface area contributed by atoms with E-state index in [0.29, 0.717) is 0 Å². The zero-order valence-corrected chi connectivity index (χ0v) is 6.57. The lowest BCUT2D eigenvalue weighted by molar-refractivity contribution is -0.132. The Bertz CT molecular complexity index is 206. The molecule has 0 bridgehead atoms. The third kappa shape index (κ3) is 3.30. The Kier molecular flexibility index (Phi) is 4.64. The van der Waals surface area contributed by atoms with Gasteiger partial charge in [0.2, 0.25) is 5.84 Å². The van der Waals surface area contributed by atoms with E-state index >= 15 is 0 Å². The second-order valence-electron chi connectivity index (χ2n) is 1.58. The molecule has 0 radical (unpaired) electrons. The van der Waals surface area contributed by atoms with Gasteiger partial charge in [0.05, 0.1) is 7.11 Å². The van der Waals surface area contributed by atoms with Gasteiger partial charge in [0.15, 0.2) is 0 Å². The van der Waals surface area contributed by atoms with Crippen LogP contribution in [-0.4, -0.2) is 25.6 Å². The number of hydrogen-bond donors (Lipinski definition) is 0. The average molecular weight is 154 g/mol. The van der Waals surface area contributed by atoms with Crippen LogP contribution in [0.1, 0.15) is 6.92 Å². The van der Waals surface area contributed by atoms with Crippen LogP contribution in [0.4, 0.5) is 0 Å². The van der Waals surface area contributed by atoms with Crippen molar-refractivity contribution in [3.8, 4) is 0 Å². The van der Waals surface area contributed by atoms with Crippen LogP contribution in [0.5, 0.6) is 0 Å². The van der Waals surface area contributed by atoms with Crippen molar-refractivity contribution >= 4 is 18.5 Å². The number of aliphatic imine (C=N–C) groups is 2. The van der Waals surface area contributed by atoms with Crippen LogP contribution in [0, 0.1) is 0 Å². The van der Waals surface area contributed by atoms with Gasteiger partial charge in [-0.3, -0.25) is 0 Å². The zero-order valence-electron chi connectivity index (χ0n) is 6.57. The summed E-state index contributed by atoms with van der Waals surface area (Å²) in [5.74, 6) is -0.622. The number of allylic oxidation sites excluding steroid dienone is 1. The predicted molar refractivity (Wildman–Crippen MR) is 43.8 cm³/mol. The van der Waals surface area contributed by atoms with Crippen molar-refractivity contribution in [2.24, 2.45) is 9.98 Å². The summed E-state index contributed by atoms with van der Waals surface area (Å²) in [6.07, 6.45) is 3.12. The van der Waals surface area contributed by atoms with Crippen molar-refractivity contribution in [3.05, 3.63) is 12.3 Å². The summed E-state index contributed by atoms with van der Waals surface area (Å²) in [4.78, 5) is 17.8. The maximum Gasteiger partial charge on any atom is 0.376 e. The van der Waals surface area contributed by atoms with Gasteiger partial charge in [0.25, 0.3) is 0 Å². The second kappa shape index (κ2) is 5.34. The second-order valence-corrected chi connectivity index (χ2v) is 1.58. The number of methoxy groups -OCH3 is 1. The molecule has 60 valence electrons. The molecule has 0 aliphatic heterocycles. The highest BCUT2D eigenvalue weighted by Crippen LogP contribution is 1.86. The van der Waals surface area contributed by atoms with E-state index in [0.717, 1.165) is 0 Å². The minimum absolute atomic E-state index is 0.0365. The molecule has 0 amide bonds. The SMILES string of the molecule is C=NC(=N/C=C\C)C(=O)OC. The summed E-state index contributed by atoms with van der Waals surface area (Å²) in [6, 6.07) is 0. The predicted octanol–water partition coefficient (Wildman–Crippen LogP) is 0.792. The van der Waals surface area contributed by atoms with Crippen molar-refractivity contribution < 1.29 is 9.53 Å². The quantitative estimate of drug-likeness (QED) is 0.318. The maximum absolute atomic E-state index is 10.7. The summed E-state index contributed by atoms with van der Waals surface area (Å²) in [5.41, 5.74) is 0. The average Bonchev–Trinajstić information content (AvgIpc) is 2.05. The Hall–Kier alpha value is -1.45. The highest BCUT2D eigenvalue weighted by atomic mass is 16.5. The van der Waals surface area contributed by atoms with Gasteiger partial charge in [0.1, 0.15) is 0 Å². The van der Waals surface area contributed by atoms with Crippen LogP contribution in [0.3, 0.4) is 0 Å². The van der Waals surface area contributed by atoms with Gasteiger partial charge in [-0.2, -0.15) is 0 Å². The first-order chi connectivity index (χ1) is 5.26. The third-order valence-electron chi connectivity index (χ3n) is 0.864. The van der Waals surface area contributed by atoms with Crippen molar-refractivity contribution in [2.75, 3.05) is 7.11 Å². The number of esters is 1. The first-order valence-electron chi connectivity index (χ1n) is 3.00. The largest absolute Gasteiger partial charge is 0.463 e. The van der Waals surface area contributed by atoms with E-state index in [1.54, 1.807) is 13.0 Å². The van der Waals surface area contributed by atoms with E-state index in [9.17, 15) is 4.79 Å². The van der Waals surface area contributed by atoms with Crippen molar-refractivity contribution in [3.63, 3.8) is 0 Å². The fraction of sp³-hybridized carbons (Fsp3) is 0.286. The number of ether oxygens (including phenoxy) is 1. The molecule has 0 heterocycles. The standard InChI is InChI=1S/C7H10N2O2/c1-4-5-9-6(8-2)7(10)11-3/h4-5H,2H2,1,3H3/b5-4-,9-6?. The van der Waals surface area contributed by atoms with Gasteiger partial charge >= 0.3 is 5.97 Å². The van der Waals surface area contributed by atoms with E-state index < -0.39 is 5.97 Å². The van der Waals surface area contributed by atoms with Gasteiger partial charge in [-0.05, 0) is 13.6 Å². The molecular formula is C7H10N2O2. The monoisotopic (exact) mass is 154 g/mol. The highest BCUT2D eigenvalue weighted by Gasteiger charge is 2.06. The van der Waals surface area contributed by atoms with Gasteiger partial charge in [-0.1, -0.05) is 6.08 Å². The Labute approximate surface area is 65.3 Å². The molecule has 0 aromatic heterocycles. The Morgan fingerprint density at radius 2 is 2.27 bits per heavy atom. The molecule has 0 fully saturated rings. The molecule has 0 saturated carbocycles. The van der Waals surface area contributed by atoms with Crippen molar-refractivity contribution in [2.45, 2.75) is 6.92 Å². The fourth-order valence-corrected chi connectivity index (χ4v) is 0.395. The molecule has 11 heavy (non-hydrogen) atoms. The van der Waals surface area contributed by atoms with Crippen LogP contribution in [-0.2, 0) is 9.53 Å². The molecule has 0 aromatic rings. The van der Waals surface area contributed by atoms with Gasteiger partial charge < -0.3 is 4.74 Å². The summed E-state index contributed by atoms with van der Waals surface area (Å²) in [6.45, 7) is 4.95. The first-order valence-corrected chi connectivity index (χ1v) is 3.00. The van der Waals surface area contributed by atoms with Gasteiger partial charge in [0, 0.05) is 6.20 Å². The molecule has 0 unspecified atom stereocenters. The van der Waals surface area contributed by atoms with Crippen LogP contribution >= 0.6 is 0 Å². The van der Waals surface area contributed by atoms with Gasteiger partial charge in [-0.15, -0.1) is 0 Å². The number of carbonyl (C=O) groups is 1. The molecule has 4 nitrogen and oxygen atoms in total. The van der Waals surface area contributed by atoms with Crippen LogP contribution in [0.25, 0.3) is 0 Å². The smallest absolute Gasteiger partial charge is 0.376 e. The van der Waals surface area contributed by atoms with Crippen molar-refractivity contribution in [1.82, 2.24) is 0 Å². The Morgan fingerprint density at radius 1 is 1.64 bits per heavy atom. The van der Waals surface area contributed by atoms with E-state index in [4.69, 9.17) is 0 Å². The molecule has 4 heteroatoms. The van der Waals surface area contributed by atoms with Crippen LogP contribution in [0.15, 0.2) is 22.3 Å². The minimum Gasteiger partial charge on any atom is -0.463 e. The Balaban J connectivity index is 4.38. The van der Waals surface area contributed by atoms with Crippen LogP contribution < -0.4 is 0 Å². The van der Waals surface area contributed by atoms with E-state index in [-0.39, 0.29) is 5.84 Å². The number of amidine groups is 1. The topological polar surface area (TPSA) is 51.0 Å². The van der Waals surface area contributed by atoms with Crippen LogP contribution in [0.2, 0.25) is 0 Å². The number of carbonyl (C=O) groups excluding carboxylic acids is 1. The van der Waals surface area contributed by atoms with E-state index in [1.165, 1.54) is 13.3 Å². The zero-order chi connectivity index (χ0) is 8.69. The normalized spacial score (nSPS) is 11.6. The minimum atomic E-state index is -0.585. The lowest BCUT2D eigenvalue weighted by atomic mass is 10.6. The Morgan fingerprint density at radius 3 is 2.64 bits per heavy atom. The van der Waals surface area contributed by atoms with E-state index in [2.05, 4.69) is 21.4 Å². The summed E-state index contributed by atoms with van der Waals surface area (Å²) in [7, 11) is 1.26. The summed E-state index contributed by atoms with van der Waals surface area (Å²) in [5, 5.41) is 0. The summed E-state index contributed by atoms with van der Waals surface area (Å²) >= 11 is 0. The molecule has 0 spiro atoms. The molecule has 0 N–H and O–H groups in total. The molecule has 0 atom stereocenters. The number of hydrogen-bond acceptors (Lipinski definition) is 3. The summed E-state index contributed by atoms with van der Waals surface area (Å²) < 4.78 is 4.36. The molecular weight excluding hydrogens is 144 g/mol. The van der Waals surface area contributed by atoms with Gasteiger partial charge in [-0.25, -0.2) is 14.8 Å². The first kappa shape index (κ1) is 9.55. The third-order valence-corrected chi connectivity index (χ3v) is 0.864. The lowest BCUT2D eigenvalue weighted by Gasteiger charge is -1.93. The van der Waals surface area contributed by atoms with E-state index in [1.807, 2.05) is 0 Å². The maximum atomic E-state index is 10.7. The molecule has 0 aliphatic rings. The highest BCUT2D eigenvalue weighted by molar-refractivity contribution is 6.36. The fourth-order valence-electron chi connectivity index (χ4n) is 0.395. The molecule has 0 saturated heterocycles. The molecule has 0 aliphatic carbocycles. The number of nitrogens with zero attached hydrogens (tertiary/aromatic N) is 2. The number of rotatable bonds is 1. The van der Waals surface area contributed by atoms with Crippen molar-refractivity contribution in [1.29, 1.82) is 0 Å². The molecule has 0 rings (SSSR count). The lowest BCUT2D eigenvalue weighted by Crippen LogP contribution is -2.12.